The number of rotatable bonds is 5. The molecule has 0 spiro atoms. The van der Waals surface area contributed by atoms with Crippen LogP contribution in [0.1, 0.15) is 22.3 Å². The highest BCUT2D eigenvalue weighted by Gasteiger charge is 2.29. The molecule has 156 valence electrons. The van der Waals surface area contributed by atoms with E-state index < -0.39 is 10.0 Å². The average Bonchev–Trinajstić information content (AvgIpc) is 2.99. The van der Waals surface area contributed by atoms with Gasteiger partial charge in [-0.05, 0) is 37.6 Å². The molecule has 0 radical (unpaired) electrons. The largest absolute Gasteiger partial charge is 0.493 e. The van der Waals surface area contributed by atoms with Crippen molar-refractivity contribution in [3.63, 3.8) is 0 Å². The Hall–Kier alpha value is -2.58. The maximum atomic E-state index is 13.1. The van der Waals surface area contributed by atoms with Crippen molar-refractivity contribution in [2.75, 3.05) is 40.4 Å². The van der Waals surface area contributed by atoms with Gasteiger partial charge in [-0.1, -0.05) is 17.7 Å². The van der Waals surface area contributed by atoms with Crippen LogP contribution in [0.5, 0.6) is 11.5 Å². The molecule has 1 amide bonds. The van der Waals surface area contributed by atoms with Gasteiger partial charge >= 0.3 is 0 Å². The molecule has 1 aliphatic heterocycles. The molecule has 0 bridgehead atoms. The van der Waals surface area contributed by atoms with Crippen LogP contribution in [-0.4, -0.2) is 63.9 Å². The standard InChI is InChI=1S/C21H26N2O5S/c1-16-6-4-7-17(14-16)21(24)22-10-5-11-23(13-12-22)29(25,26)18-8-9-19(27-2)20(15-18)28-3/h4,6-9,14-15H,5,10-13H2,1-3H3. The highest BCUT2D eigenvalue weighted by molar-refractivity contribution is 7.89. The van der Waals surface area contributed by atoms with Gasteiger partial charge in [0.25, 0.3) is 5.91 Å². The zero-order chi connectivity index (χ0) is 21.0. The molecule has 1 aliphatic rings. The number of ether oxygens (including phenoxy) is 2. The summed E-state index contributed by atoms with van der Waals surface area (Å²) >= 11 is 0. The lowest BCUT2D eigenvalue weighted by atomic mass is 10.1. The Morgan fingerprint density at radius 3 is 2.38 bits per heavy atom. The third-order valence-corrected chi connectivity index (χ3v) is 6.89. The summed E-state index contributed by atoms with van der Waals surface area (Å²) in [6, 6.07) is 12.0. The first kappa shape index (κ1) is 21.1. The molecule has 2 aromatic rings. The van der Waals surface area contributed by atoms with E-state index >= 15 is 0 Å². The van der Waals surface area contributed by atoms with Crippen LogP contribution in [0.2, 0.25) is 0 Å². The van der Waals surface area contributed by atoms with Gasteiger partial charge in [-0.25, -0.2) is 8.42 Å². The van der Waals surface area contributed by atoms with E-state index in [0.29, 0.717) is 43.1 Å². The van der Waals surface area contributed by atoms with Gasteiger partial charge in [0.1, 0.15) is 0 Å². The van der Waals surface area contributed by atoms with Gasteiger partial charge in [0.2, 0.25) is 10.0 Å². The molecule has 1 saturated heterocycles. The predicted octanol–water partition coefficient (Wildman–Crippen LogP) is 2.55. The predicted molar refractivity (Wildman–Crippen MR) is 110 cm³/mol. The fraction of sp³-hybridized carbons (Fsp3) is 0.381. The van der Waals surface area contributed by atoms with Crippen molar-refractivity contribution in [3.05, 3.63) is 53.6 Å². The normalized spacial score (nSPS) is 15.6. The molecule has 1 heterocycles. The topological polar surface area (TPSA) is 76.2 Å². The molecule has 3 rings (SSSR count). The summed E-state index contributed by atoms with van der Waals surface area (Å²) in [5, 5.41) is 0. The van der Waals surface area contributed by atoms with Crippen molar-refractivity contribution >= 4 is 15.9 Å². The molecule has 0 aliphatic carbocycles. The van der Waals surface area contributed by atoms with E-state index in [1.165, 1.54) is 30.7 Å². The number of carbonyl (C=O) groups excluding carboxylic acids is 1. The van der Waals surface area contributed by atoms with Crippen LogP contribution in [0.4, 0.5) is 0 Å². The summed E-state index contributed by atoms with van der Waals surface area (Å²) in [7, 11) is -0.736. The van der Waals surface area contributed by atoms with Gasteiger partial charge in [-0.15, -0.1) is 0 Å². The van der Waals surface area contributed by atoms with E-state index in [9.17, 15) is 13.2 Å². The number of benzene rings is 2. The van der Waals surface area contributed by atoms with Crippen LogP contribution in [0.3, 0.4) is 0 Å². The minimum Gasteiger partial charge on any atom is -0.493 e. The Labute approximate surface area is 171 Å². The zero-order valence-electron chi connectivity index (χ0n) is 16.9. The van der Waals surface area contributed by atoms with Gasteiger partial charge in [-0.2, -0.15) is 4.31 Å². The molecular formula is C21H26N2O5S. The third kappa shape index (κ3) is 4.54. The lowest BCUT2D eigenvalue weighted by Crippen LogP contribution is -2.37. The second-order valence-electron chi connectivity index (χ2n) is 6.94. The SMILES string of the molecule is COc1ccc(S(=O)(=O)N2CCCN(C(=O)c3cccc(C)c3)CC2)cc1OC. The Kier molecular flexibility index (Phi) is 6.44. The first-order valence-corrected chi connectivity index (χ1v) is 10.9. The number of amides is 1. The number of sulfonamides is 1. The molecule has 1 fully saturated rings. The Morgan fingerprint density at radius 2 is 1.69 bits per heavy atom. The van der Waals surface area contributed by atoms with Crippen LogP contribution in [-0.2, 0) is 10.0 Å². The molecule has 0 unspecified atom stereocenters. The highest BCUT2D eigenvalue weighted by Crippen LogP contribution is 2.31. The third-order valence-electron chi connectivity index (χ3n) is 5.00. The van der Waals surface area contributed by atoms with Crippen molar-refractivity contribution in [2.45, 2.75) is 18.2 Å². The van der Waals surface area contributed by atoms with Gasteiger partial charge in [-0.3, -0.25) is 4.79 Å². The molecule has 8 heteroatoms. The smallest absolute Gasteiger partial charge is 0.253 e. The van der Waals surface area contributed by atoms with Crippen molar-refractivity contribution < 1.29 is 22.7 Å². The van der Waals surface area contributed by atoms with E-state index in [-0.39, 0.29) is 17.3 Å². The fourth-order valence-corrected chi connectivity index (χ4v) is 4.91. The molecule has 29 heavy (non-hydrogen) atoms. The summed E-state index contributed by atoms with van der Waals surface area (Å²) in [4.78, 5) is 14.7. The first-order chi connectivity index (χ1) is 13.9. The minimum absolute atomic E-state index is 0.0703. The molecule has 0 N–H and O–H groups in total. The number of nitrogens with zero attached hydrogens (tertiary/aromatic N) is 2. The van der Waals surface area contributed by atoms with E-state index in [2.05, 4.69) is 0 Å². The summed E-state index contributed by atoms with van der Waals surface area (Å²) in [6.45, 7) is 3.41. The van der Waals surface area contributed by atoms with Gasteiger partial charge in [0, 0.05) is 37.8 Å². The maximum absolute atomic E-state index is 13.1. The second kappa shape index (κ2) is 8.84. The molecule has 0 saturated carbocycles. The minimum atomic E-state index is -3.70. The maximum Gasteiger partial charge on any atom is 0.253 e. The van der Waals surface area contributed by atoms with E-state index in [1.54, 1.807) is 17.0 Å². The summed E-state index contributed by atoms with van der Waals surface area (Å²) in [6.07, 6.45) is 0.573. The number of carbonyl (C=O) groups is 1. The zero-order valence-corrected chi connectivity index (χ0v) is 17.7. The van der Waals surface area contributed by atoms with Gasteiger partial charge < -0.3 is 14.4 Å². The molecule has 0 aromatic heterocycles. The Morgan fingerprint density at radius 1 is 0.931 bits per heavy atom. The molecule has 7 nitrogen and oxygen atoms in total. The second-order valence-corrected chi connectivity index (χ2v) is 8.87. The van der Waals surface area contributed by atoms with Gasteiger partial charge in [0.15, 0.2) is 11.5 Å². The van der Waals surface area contributed by atoms with E-state index in [0.717, 1.165) is 5.56 Å². The van der Waals surface area contributed by atoms with Crippen molar-refractivity contribution in [2.24, 2.45) is 0 Å². The number of hydrogen-bond acceptors (Lipinski definition) is 5. The van der Waals surface area contributed by atoms with Crippen LogP contribution < -0.4 is 9.47 Å². The van der Waals surface area contributed by atoms with Crippen molar-refractivity contribution in [3.8, 4) is 11.5 Å². The van der Waals surface area contributed by atoms with E-state index in [4.69, 9.17) is 9.47 Å². The van der Waals surface area contributed by atoms with Gasteiger partial charge in [0.05, 0.1) is 19.1 Å². The number of hydrogen-bond donors (Lipinski definition) is 0. The Balaban J connectivity index is 1.77. The highest BCUT2D eigenvalue weighted by atomic mass is 32.2. The molecule has 2 aromatic carbocycles. The lowest BCUT2D eigenvalue weighted by molar-refractivity contribution is 0.0764. The van der Waals surface area contributed by atoms with Crippen LogP contribution in [0.25, 0.3) is 0 Å². The fourth-order valence-electron chi connectivity index (χ4n) is 3.42. The number of methoxy groups -OCH3 is 2. The summed E-state index contributed by atoms with van der Waals surface area (Å²) in [5.41, 5.74) is 1.64. The van der Waals surface area contributed by atoms with Crippen molar-refractivity contribution in [1.29, 1.82) is 0 Å². The van der Waals surface area contributed by atoms with E-state index in [1.807, 2.05) is 25.1 Å². The van der Waals surface area contributed by atoms with Crippen LogP contribution in [0.15, 0.2) is 47.4 Å². The summed E-state index contributed by atoms with van der Waals surface area (Å²) in [5.74, 6) is 0.760. The lowest BCUT2D eigenvalue weighted by Gasteiger charge is -2.22. The number of aryl methyl sites for hydroxylation is 1. The monoisotopic (exact) mass is 418 g/mol. The van der Waals surface area contributed by atoms with Crippen LogP contribution >= 0.6 is 0 Å². The summed E-state index contributed by atoms with van der Waals surface area (Å²) < 4.78 is 38.1. The molecule has 0 atom stereocenters. The quantitative estimate of drug-likeness (QED) is 0.746. The van der Waals surface area contributed by atoms with Crippen LogP contribution in [0, 0.1) is 6.92 Å². The molecular weight excluding hydrogens is 392 g/mol. The average molecular weight is 419 g/mol. The van der Waals surface area contributed by atoms with Crippen molar-refractivity contribution in [1.82, 2.24) is 9.21 Å². The Bertz CT molecular complexity index is 990. The first-order valence-electron chi connectivity index (χ1n) is 9.45.